The second-order valence-corrected chi connectivity index (χ2v) is 4.54. The molecular weight excluding hydrogens is 204 g/mol. The van der Waals surface area contributed by atoms with Gasteiger partial charge in [0.2, 0.25) is 0 Å². The highest BCUT2D eigenvalue weighted by Gasteiger charge is 2.26. The third-order valence-corrected chi connectivity index (χ3v) is 3.49. The summed E-state index contributed by atoms with van der Waals surface area (Å²) in [4.78, 5) is 2.25. The molecular formula is C12H26N2O2. The van der Waals surface area contributed by atoms with Crippen LogP contribution in [0, 0.1) is 0 Å². The Morgan fingerprint density at radius 2 is 2.25 bits per heavy atom. The highest BCUT2D eigenvalue weighted by Crippen LogP contribution is 2.15. The fraction of sp³-hybridized carbons (Fsp3) is 1.00. The van der Waals surface area contributed by atoms with Gasteiger partial charge >= 0.3 is 0 Å². The van der Waals surface area contributed by atoms with Crippen molar-refractivity contribution in [1.29, 1.82) is 0 Å². The second-order valence-electron chi connectivity index (χ2n) is 4.54. The maximum atomic E-state index is 9.44. The van der Waals surface area contributed by atoms with Gasteiger partial charge in [-0.25, -0.2) is 0 Å². The number of aliphatic hydroxyl groups excluding tert-OH is 1. The number of aliphatic hydroxyl groups is 1. The molecule has 0 aromatic heterocycles. The van der Waals surface area contributed by atoms with Gasteiger partial charge < -0.3 is 15.6 Å². The Balaban J connectivity index is 2.48. The van der Waals surface area contributed by atoms with Crippen LogP contribution in [0.5, 0.6) is 0 Å². The molecule has 3 N–H and O–H groups in total. The van der Waals surface area contributed by atoms with Crippen molar-refractivity contribution in [2.24, 2.45) is 5.73 Å². The van der Waals surface area contributed by atoms with Gasteiger partial charge in [-0.1, -0.05) is 13.8 Å². The maximum absolute atomic E-state index is 9.44. The van der Waals surface area contributed by atoms with E-state index >= 15 is 0 Å². The predicted octanol–water partition coefficient (Wildman–Crippen LogP) is 0.586. The van der Waals surface area contributed by atoms with Crippen molar-refractivity contribution in [1.82, 2.24) is 4.90 Å². The molecule has 0 saturated carbocycles. The molecule has 0 spiro atoms. The number of likely N-dealkylation sites (N-methyl/N-ethyl adjacent to an activating group) is 1. The van der Waals surface area contributed by atoms with Crippen molar-refractivity contribution in [3.05, 3.63) is 0 Å². The predicted molar refractivity (Wildman–Crippen MR) is 65.4 cm³/mol. The lowest BCUT2D eigenvalue weighted by Gasteiger charge is -2.34. The normalized spacial score (nSPS) is 24.9. The summed E-state index contributed by atoms with van der Waals surface area (Å²) >= 11 is 0. The number of hydrogen-bond donors (Lipinski definition) is 2. The van der Waals surface area contributed by atoms with E-state index in [1.165, 1.54) is 0 Å². The average molecular weight is 230 g/mol. The Bertz CT molecular complexity index is 184. The van der Waals surface area contributed by atoms with Crippen LogP contribution >= 0.6 is 0 Å². The first-order valence-corrected chi connectivity index (χ1v) is 6.45. The SMILES string of the molecule is CCC(N)C(CO)N(CC)CC1CCCO1. The van der Waals surface area contributed by atoms with Crippen LogP contribution in [0.2, 0.25) is 0 Å². The molecule has 96 valence electrons. The number of rotatable bonds is 7. The standard InChI is InChI=1S/C12H26N2O2/c1-3-11(13)12(9-15)14(4-2)8-10-6-5-7-16-10/h10-12,15H,3-9,13H2,1-2H3. The molecule has 0 radical (unpaired) electrons. The lowest BCUT2D eigenvalue weighted by molar-refractivity contribution is 0.0369. The Labute approximate surface area is 98.8 Å². The Morgan fingerprint density at radius 1 is 1.50 bits per heavy atom. The molecule has 1 rings (SSSR count). The van der Waals surface area contributed by atoms with Gasteiger partial charge in [-0.2, -0.15) is 0 Å². The van der Waals surface area contributed by atoms with Crippen molar-refractivity contribution < 1.29 is 9.84 Å². The van der Waals surface area contributed by atoms with Crippen molar-refractivity contribution in [2.75, 3.05) is 26.3 Å². The number of ether oxygens (including phenoxy) is 1. The van der Waals surface area contributed by atoms with E-state index in [4.69, 9.17) is 10.5 Å². The summed E-state index contributed by atoms with van der Waals surface area (Å²) in [7, 11) is 0. The summed E-state index contributed by atoms with van der Waals surface area (Å²) < 4.78 is 5.63. The molecule has 0 aromatic rings. The molecule has 3 atom stereocenters. The number of hydrogen-bond acceptors (Lipinski definition) is 4. The van der Waals surface area contributed by atoms with Crippen LogP contribution in [0.4, 0.5) is 0 Å². The summed E-state index contributed by atoms with van der Waals surface area (Å²) in [6.45, 7) is 7.00. The second kappa shape index (κ2) is 7.22. The van der Waals surface area contributed by atoms with Gasteiger partial charge in [-0.3, -0.25) is 4.90 Å². The minimum Gasteiger partial charge on any atom is -0.395 e. The van der Waals surface area contributed by atoms with E-state index in [0.29, 0.717) is 6.10 Å². The van der Waals surface area contributed by atoms with Crippen LogP contribution in [0.3, 0.4) is 0 Å². The van der Waals surface area contributed by atoms with Crippen LogP contribution in [0.25, 0.3) is 0 Å². The van der Waals surface area contributed by atoms with E-state index < -0.39 is 0 Å². The van der Waals surface area contributed by atoms with Crippen LogP contribution in [-0.4, -0.2) is 54.5 Å². The average Bonchev–Trinajstić information content (AvgIpc) is 2.81. The molecule has 3 unspecified atom stereocenters. The van der Waals surface area contributed by atoms with Gasteiger partial charge in [-0.15, -0.1) is 0 Å². The molecule has 16 heavy (non-hydrogen) atoms. The van der Waals surface area contributed by atoms with Crippen molar-refractivity contribution in [3.8, 4) is 0 Å². The van der Waals surface area contributed by atoms with Gasteiger partial charge in [-0.05, 0) is 25.8 Å². The summed E-state index contributed by atoms with van der Waals surface area (Å²) in [6, 6.07) is 0.116. The molecule has 1 aliphatic rings. The molecule has 1 aliphatic heterocycles. The lowest BCUT2D eigenvalue weighted by atomic mass is 10.0. The summed E-state index contributed by atoms with van der Waals surface area (Å²) in [5.41, 5.74) is 6.04. The first kappa shape index (κ1) is 13.9. The molecule has 1 heterocycles. The molecule has 0 bridgehead atoms. The zero-order valence-electron chi connectivity index (χ0n) is 10.6. The summed E-state index contributed by atoms with van der Waals surface area (Å²) in [5, 5.41) is 9.44. The Morgan fingerprint density at radius 3 is 2.69 bits per heavy atom. The van der Waals surface area contributed by atoms with Gasteiger partial charge in [0.1, 0.15) is 0 Å². The van der Waals surface area contributed by atoms with Crippen molar-refractivity contribution in [3.63, 3.8) is 0 Å². The topological polar surface area (TPSA) is 58.7 Å². The highest BCUT2D eigenvalue weighted by atomic mass is 16.5. The van der Waals surface area contributed by atoms with E-state index in [1.54, 1.807) is 0 Å². The van der Waals surface area contributed by atoms with Crippen molar-refractivity contribution >= 4 is 0 Å². The van der Waals surface area contributed by atoms with Crippen molar-refractivity contribution in [2.45, 2.75) is 51.3 Å². The fourth-order valence-electron chi connectivity index (χ4n) is 2.34. The number of nitrogens with zero attached hydrogens (tertiary/aromatic N) is 1. The monoisotopic (exact) mass is 230 g/mol. The first-order valence-electron chi connectivity index (χ1n) is 6.45. The van der Waals surface area contributed by atoms with Gasteiger partial charge in [0.15, 0.2) is 0 Å². The lowest BCUT2D eigenvalue weighted by Crippen LogP contribution is -2.51. The first-order chi connectivity index (χ1) is 7.72. The third-order valence-electron chi connectivity index (χ3n) is 3.49. The zero-order chi connectivity index (χ0) is 12.0. The Kier molecular flexibility index (Phi) is 6.28. The summed E-state index contributed by atoms with van der Waals surface area (Å²) in [6.07, 6.45) is 3.52. The fourth-order valence-corrected chi connectivity index (χ4v) is 2.34. The van der Waals surface area contributed by atoms with E-state index in [0.717, 1.165) is 39.0 Å². The van der Waals surface area contributed by atoms with Gasteiger partial charge in [0, 0.05) is 25.2 Å². The molecule has 1 fully saturated rings. The van der Waals surface area contributed by atoms with Crippen LogP contribution in [-0.2, 0) is 4.74 Å². The van der Waals surface area contributed by atoms with Crippen LogP contribution in [0.1, 0.15) is 33.1 Å². The summed E-state index contributed by atoms with van der Waals surface area (Å²) in [5.74, 6) is 0. The Hall–Kier alpha value is -0.160. The maximum Gasteiger partial charge on any atom is 0.0702 e. The molecule has 4 nitrogen and oxygen atoms in total. The third kappa shape index (κ3) is 3.70. The molecule has 4 heteroatoms. The van der Waals surface area contributed by atoms with E-state index in [-0.39, 0.29) is 18.7 Å². The quantitative estimate of drug-likeness (QED) is 0.672. The largest absolute Gasteiger partial charge is 0.395 e. The molecule has 1 saturated heterocycles. The number of nitrogens with two attached hydrogens (primary N) is 1. The van der Waals surface area contributed by atoms with E-state index in [9.17, 15) is 5.11 Å². The zero-order valence-corrected chi connectivity index (χ0v) is 10.6. The van der Waals surface area contributed by atoms with Crippen LogP contribution < -0.4 is 5.73 Å². The highest BCUT2D eigenvalue weighted by molar-refractivity contribution is 4.82. The van der Waals surface area contributed by atoms with Gasteiger partial charge in [0.05, 0.1) is 12.7 Å². The smallest absolute Gasteiger partial charge is 0.0702 e. The van der Waals surface area contributed by atoms with E-state index in [1.807, 2.05) is 0 Å². The van der Waals surface area contributed by atoms with Crippen LogP contribution in [0.15, 0.2) is 0 Å². The molecule has 0 amide bonds. The molecule has 0 aliphatic carbocycles. The van der Waals surface area contributed by atoms with E-state index in [2.05, 4.69) is 18.7 Å². The minimum absolute atomic E-state index is 0.0475. The molecule has 0 aromatic carbocycles. The minimum atomic E-state index is 0.0475. The van der Waals surface area contributed by atoms with Gasteiger partial charge in [0.25, 0.3) is 0 Å².